The molecule has 3 N–H and O–H groups in total. The maximum Gasteiger partial charge on any atom is 0.257 e. The quantitative estimate of drug-likeness (QED) is 0.189. The van der Waals surface area contributed by atoms with Crippen LogP contribution in [0.5, 0.6) is 11.5 Å². The average molecular weight is 603 g/mol. The first-order chi connectivity index (χ1) is 20.6. The van der Waals surface area contributed by atoms with Gasteiger partial charge < -0.3 is 15.4 Å². The first-order valence-corrected chi connectivity index (χ1v) is 16.0. The minimum atomic E-state index is -3.32. The molecule has 0 unspecified atom stereocenters. The van der Waals surface area contributed by atoms with E-state index in [4.69, 9.17) is 4.74 Å². The van der Waals surface area contributed by atoms with E-state index in [2.05, 4.69) is 32.4 Å². The Morgan fingerprint density at radius 2 is 1.49 bits per heavy atom. The number of rotatable bonds is 10. The summed E-state index contributed by atoms with van der Waals surface area (Å²) in [5, 5.41) is 6.45. The number of piperidine rings is 1. The highest BCUT2D eigenvalue weighted by Gasteiger charge is 2.21. The summed E-state index contributed by atoms with van der Waals surface area (Å²) in [6.45, 7) is 4.63. The van der Waals surface area contributed by atoms with Crippen LogP contribution in [-0.2, 0) is 16.6 Å². The molecule has 0 spiro atoms. The Bertz CT molecular complexity index is 1650. The summed E-state index contributed by atoms with van der Waals surface area (Å²) in [4.78, 5) is 15.5. The molecule has 1 aliphatic heterocycles. The second-order valence-corrected chi connectivity index (χ2v) is 12.6. The van der Waals surface area contributed by atoms with E-state index in [0.29, 0.717) is 28.4 Å². The van der Waals surface area contributed by atoms with Crippen molar-refractivity contribution < 1.29 is 22.3 Å². The van der Waals surface area contributed by atoms with Crippen molar-refractivity contribution in [2.24, 2.45) is 0 Å². The molecule has 8 nitrogen and oxygen atoms in total. The van der Waals surface area contributed by atoms with E-state index in [-0.39, 0.29) is 17.8 Å². The first kappa shape index (κ1) is 30.1. The molecule has 1 amide bonds. The van der Waals surface area contributed by atoms with Gasteiger partial charge in [0.15, 0.2) is 0 Å². The Hall–Kier alpha value is -4.41. The maximum atomic E-state index is 13.3. The fraction of sp³-hybridized carbons (Fsp3) is 0.242. The second kappa shape index (κ2) is 13.3. The molecule has 1 heterocycles. The van der Waals surface area contributed by atoms with Gasteiger partial charge in [0.05, 0.1) is 11.8 Å². The van der Waals surface area contributed by atoms with E-state index in [1.54, 1.807) is 36.4 Å². The summed E-state index contributed by atoms with van der Waals surface area (Å²) in [5.41, 5.74) is 4.56. The third-order valence-electron chi connectivity index (χ3n) is 7.19. The van der Waals surface area contributed by atoms with E-state index < -0.39 is 10.0 Å². The predicted octanol–water partition coefficient (Wildman–Crippen LogP) is 6.63. The third-order valence-corrected chi connectivity index (χ3v) is 7.80. The van der Waals surface area contributed by atoms with Crippen molar-refractivity contribution in [3.05, 3.63) is 114 Å². The van der Waals surface area contributed by atoms with Gasteiger partial charge >= 0.3 is 0 Å². The van der Waals surface area contributed by atoms with Crippen molar-refractivity contribution in [1.29, 1.82) is 0 Å². The lowest BCUT2D eigenvalue weighted by Crippen LogP contribution is -2.39. The van der Waals surface area contributed by atoms with Gasteiger partial charge in [-0.25, -0.2) is 12.8 Å². The fourth-order valence-electron chi connectivity index (χ4n) is 5.02. The lowest BCUT2D eigenvalue weighted by atomic mass is 10.0. The molecular weight excluding hydrogens is 567 g/mol. The number of benzene rings is 4. The number of halogens is 1. The smallest absolute Gasteiger partial charge is 0.257 e. The zero-order valence-electron chi connectivity index (χ0n) is 24.1. The van der Waals surface area contributed by atoms with E-state index >= 15 is 0 Å². The molecule has 5 rings (SSSR count). The fourth-order valence-corrected chi connectivity index (χ4v) is 5.59. The van der Waals surface area contributed by atoms with E-state index in [0.717, 1.165) is 50.0 Å². The molecule has 0 radical (unpaired) electrons. The van der Waals surface area contributed by atoms with Gasteiger partial charge in [-0.15, -0.1) is 0 Å². The maximum absolute atomic E-state index is 13.3. The van der Waals surface area contributed by atoms with Crippen LogP contribution in [0, 0.1) is 12.7 Å². The van der Waals surface area contributed by atoms with E-state index in [1.165, 1.54) is 17.7 Å². The number of hydrogen-bond donors (Lipinski definition) is 3. The number of nitrogens with one attached hydrogen (secondary N) is 3. The molecule has 0 aromatic heterocycles. The van der Waals surface area contributed by atoms with Crippen molar-refractivity contribution in [2.75, 3.05) is 34.7 Å². The molecule has 0 bridgehead atoms. The number of ether oxygens (including phenoxy) is 1. The summed E-state index contributed by atoms with van der Waals surface area (Å²) in [5.74, 6) is 0.738. The normalized spacial score (nSPS) is 14.2. The van der Waals surface area contributed by atoms with Gasteiger partial charge in [-0.05, 0) is 98.1 Å². The van der Waals surface area contributed by atoms with Crippen LogP contribution in [0.2, 0.25) is 0 Å². The van der Waals surface area contributed by atoms with Crippen LogP contribution < -0.4 is 20.1 Å². The first-order valence-electron chi connectivity index (χ1n) is 14.1. The molecule has 0 aliphatic carbocycles. The van der Waals surface area contributed by atoms with Gasteiger partial charge in [-0.1, -0.05) is 23.8 Å². The molecule has 1 aliphatic rings. The van der Waals surface area contributed by atoms with E-state index in [9.17, 15) is 17.6 Å². The molecule has 0 saturated carbocycles. The molecule has 1 saturated heterocycles. The van der Waals surface area contributed by atoms with Crippen molar-refractivity contribution in [1.82, 2.24) is 4.90 Å². The summed E-state index contributed by atoms with van der Waals surface area (Å²) in [6.07, 6.45) is 3.00. The number of anilines is 3. The van der Waals surface area contributed by atoms with Gasteiger partial charge in [-0.3, -0.25) is 14.4 Å². The minimum absolute atomic E-state index is 0.233. The number of likely N-dealkylation sites (tertiary alicyclic amines) is 1. The minimum Gasteiger partial charge on any atom is -0.457 e. The molecule has 4 aromatic carbocycles. The highest BCUT2D eigenvalue weighted by molar-refractivity contribution is 7.92. The second-order valence-electron chi connectivity index (χ2n) is 10.8. The van der Waals surface area contributed by atoms with Gasteiger partial charge in [0, 0.05) is 42.7 Å². The van der Waals surface area contributed by atoms with Crippen LogP contribution >= 0.6 is 0 Å². The van der Waals surface area contributed by atoms with Crippen LogP contribution in [0.3, 0.4) is 0 Å². The molecule has 224 valence electrons. The summed E-state index contributed by atoms with van der Waals surface area (Å²) in [6, 6.07) is 26.5. The van der Waals surface area contributed by atoms with Crippen LogP contribution in [0.25, 0.3) is 0 Å². The SMILES string of the molecule is Cc1ccc(NC2CCN(Cc3ccc(Oc4ccc(NS(C)(=O)=O)cc4)cc3)CC2)c(C(=O)Nc2ccc(F)cc2)c1. The average Bonchev–Trinajstić information content (AvgIpc) is 2.97. The number of amides is 1. The summed E-state index contributed by atoms with van der Waals surface area (Å²) >= 11 is 0. The molecule has 10 heteroatoms. The van der Waals surface area contributed by atoms with E-state index in [1.807, 2.05) is 37.3 Å². The monoisotopic (exact) mass is 602 g/mol. The summed E-state index contributed by atoms with van der Waals surface area (Å²) in [7, 11) is -3.32. The highest BCUT2D eigenvalue weighted by atomic mass is 32.2. The van der Waals surface area contributed by atoms with Crippen molar-refractivity contribution in [3.63, 3.8) is 0 Å². The number of hydrogen-bond acceptors (Lipinski definition) is 6. The topological polar surface area (TPSA) is 99.8 Å². The molecule has 0 atom stereocenters. The predicted molar refractivity (Wildman–Crippen MR) is 169 cm³/mol. The van der Waals surface area contributed by atoms with Crippen LogP contribution in [0.1, 0.15) is 34.3 Å². The van der Waals surface area contributed by atoms with Gasteiger partial charge in [0.25, 0.3) is 5.91 Å². The molecule has 4 aromatic rings. The van der Waals surface area contributed by atoms with Gasteiger partial charge in [0.1, 0.15) is 17.3 Å². The largest absolute Gasteiger partial charge is 0.457 e. The Kier molecular flexibility index (Phi) is 9.27. The number of carbonyl (C=O) groups excluding carboxylic acids is 1. The lowest BCUT2D eigenvalue weighted by Gasteiger charge is -2.33. The van der Waals surface area contributed by atoms with Crippen molar-refractivity contribution in [2.45, 2.75) is 32.4 Å². The Morgan fingerprint density at radius 3 is 2.12 bits per heavy atom. The Labute approximate surface area is 251 Å². The zero-order chi connectivity index (χ0) is 30.4. The Morgan fingerprint density at radius 1 is 0.884 bits per heavy atom. The van der Waals surface area contributed by atoms with Crippen molar-refractivity contribution >= 4 is 33.0 Å². The van der Waals surface area contributed by atoms with Crippen LogP contribution in [0.4, 0.5) is 21.5 Å². The van der Waals surface area contributed by atoms with Crippen molar-refractivity contribution in [3.8, 4) is 11.5 Å². The molecular formula is C33H35FN4O4S. The zero-order valence-corrected chi connectivity index (χ0v) is 25.0. The van der Waals surface area contributed by atoms with Crippen LogP contribution in [-0.4, -0.2) is 44.6 Å². The molecule has 43 heavy (non-hydrogen) atoms. The Balaban J connectivity index is 1.11. The lowest BCUT2D eigenvalue weighted by molar-refractivity contribution is 0.102. The van der Waals surface area contributed by atoms with Crippen LogP contribution in [0.15, 0.2) is 91.0 Å². The number of sulfonamides is 1. The standard InChI is InChI=1S/C33H35FN4O4S/c1-23-3-16-32(31(21-23)33(39)36-26-8-6-25(34)7-9-26)35-27-17-19-38(20-18-27)22-24-4-12-29(13-5-24)42-30-14-10-28(11-15-30)37-43(2,40)41/h3-16,21,27,35,37H,17-20,22H2,1-2H3,(H,36,39). The summed E-state index contributed by atoms with van der Waals surface area (Å²) < 4.78 is 44.4. The van der Waals surface area contributed by atoms with Gasteiger partial charge in [-0.2, -0.15) is 0 Å². The number of carbonyl (C=O) groups is 1. The van der Waals surface area contributed by atoms with Gasteiger partial charge in [0.2, 0.25) is 10.0 Å². The third kappa shape index (κ3) is 8.79. The highest BCUT2D eigenvalue weighted by Crippen LogP contribution is 2.26. The molecule has 1 fully saturated rings. The number of nitrogens with zero attached hydrogens (tertiary/aromatic N) is 1. The number of aryl methyl sites for hydroxylation is 1.